The normalized spacial score (nSPS) is 10.2. The molecule has 0 bridgehead atoms. The van der Waals surface area contributed by atoms with Gasteiger partial charge in [-0.15, -0.1) is 0 Å². The molecule has 4 nitrogen and oxygen atoms in total. The monoisotopic (exact) mass is 243 g/mol. The van der Waals surface area contributed by atoms with E-state index in [0.717, 1.165) is 17.3 Å². The molecule has 0 aromatic carbocycles. The lowest BCUT2D eigenvalue weighted by molar-refractivity contribution is -0.137. The number of carbonyl (C=O) groups is 1. The first-order chi connectivity index (χ1) is 7.72. The van der Waals surface area contributed by atoms with Crippen LogP contribution in [-0.2, 0) is 16.1 Å². The molecule has 5 heteroatoms. The molecule has 0 fully saturated rings. The molecule has 0 spiro atoms. The molecule has 90 valence electrons. The fourth-order valence-corrected chi connectivity index (χ4v) is 2.29. The Balaban J connectivity index is 2.73. The zero-order chi connectivity index (χ0) is 12.0. The van der Waals surface area contributed by atoms with Gasteiger partial charge in [-0.3, -0.25) is 4.79 Å². The van der Waals surface area contributed by atoms with Crippen molar-refractivity contribution in [3.63, 3.8) is 0 Å². The van der Waals surface area contributed by atoms with E-state index in [1.54, 1.807) is 0 Å². The van der Waals surface area contributed by atoms with Crippen molar-refractivity contribution in [1.82, 2.24) is 4.57 Å². The SMILES string of the molecule is CCOc1ccn(CC)c1SCC(=O)OC. The van der Waals surface area contributed by atoms with Gasteiger partial charge in [0.1, 0.15) is 5.03 Å². The number of ether oxygens (including phenoxy) is 2. The van der Waals surface area contributed by atoms with Gasteiger partial charge >= 0.3 is 5.97 Å². The largest absolute Gasteiger partial charge is 0.491 e. The van der Waals surface area contributed by atoms with Crippen molar-refractivity contribution in [3.05, 3.63) is 12.3 Å². The summed E-state index contributed by atoms with van der Waals surface area (Å²) in [4.78, 5) is 11.1. The van der Waals surface area contributed by atoms with Gasteiger partial charge in [0.05, 0.1) is 19.5 Å². The third-order valence-electron chi connectivity index (χ3n) is 2.07. The van der Waals surface area contributed by atoms with Gasteiger partial charge in [0.2, 0.25) is 0 Å². The second kappa shape index (κ2) is 6.48. The quantitative estimate of drug-likeness (QED) is 0.567. The van der Waals surface area contributed by atoms with E-state index in [4.69, 9.17) is 4.74 Å². The smallest absolute Gasteiger partial charge is 0.316 e. The zero-order valence-corrected chi connectivity index (χ0v) is 10.7. The molecule has 0 aliphatic carbocycles. The van der Waals surface area contributed by atoms with Gasteiger partial charge in [-0.1, -0.05) is 11.8 Å². The molecule has 1 rings (SSSR count). The van der Waals surface area contributed by atoms with Crippen LogP contribution < -0.4 is 4.74 Å². The van der Waals surface area contributed by atoms with Crippen molar-refractivity contribution in [2.24, 2.45) is 0 Å². The summed E-state index contributed by atoms with van der Waals surface area (Å²) in [6.45, 7) is 5.48. The van der Waals surface area contributed by atoms with Crippen LogP contribution in [0.2, 0.25) is 0 Å². The molecule has 1 heterocycles. The van der Waals surface area contributed by atoms with E-state index in [9.17, 15) is 4.79 Å². The minimum Gasteiger partial charge on any atom is -0.491 e. The first-order valence-electron chi connectivity index (χ1n) is 5.24. The third kappa shape index (κ3) is 3.20. The average molecular weight is 243 g/mol. The second-order valence-electron chi connectivity index (χ2n) is 3.07. The fourth-order valence-electron chi connectivity index (χ4n) is 1.29. The zero-order valence-electron chi connectivity index (χ0n) is 9.86. The molecule has 0 aliphatic rings. The summed E-state index contributed by atoms with van der Waals surface area (Å²) in [5.74, 6) is 0.912. The molecule has 0 amide bonds. The van der Waals surface area contributed by atoms with E-state index in [1.165, 1.54) is 18.9 Å². The Labute approximate surface area is 99.9 Å². The predicted molar refractivity (Wildman–Crippen MR) is 64.0 cm³/mol. The Morgan fingerprint density at radius 1 is 1.50 bits per heavy atom. The van der Waals surface area contributed by atoms with Gasteiger partial charge < -0.3 is 14.0 Å². The third-order valence-corrected chi connectivity index (χ3v) is 3.16. The number of thioether (sulfide) groups is 1. The first-order valence-corrected chi connectivity index (χ1v) is 6.23. The Bertz CT molecular complexity index is 349. The number of aryl methyl sites for hydroxylation is 1. The molecule has 0 radical (unpaired) electrons. The van der Waals surface area contributed by atoms with E-state index < -0.39 is 0 Å². The van der Waals surface area contributed by atoms with Gasteiger partial charge in [-0.05, 0) is 19.9 Å². The molecule has 0 atom stereocenters. The maximum Gasteiger partial charge on any atom is 0.316 e. The topological polar surface area (TPSA) is 40.5 Å². The van der Waals surface area contributed by atoms with Crippen LogP contribution in [0.15, 0.2) is 17.3 Å². The van der Waals surface area contributed by atoms with Crippen LogP contribution in [0.1, 0.15) is 13.8 Å². The van der Waals surface area contributed by atoms with Gasteiger partial charge in [0, 0.05) is 12.7 Å². The molecule has 0 unspecified atom stereocenters. The first kappa shape index (κ1) is 13.0. The minimum absolute atomic E-state index is 0.226. The fraction of sp³-hybridized carbons (Fsp3) is 0.545. The van der Waals surface area contributed by atoms with Crippen LogP contribution >= 0.6 is 11.8 Å². The van der Waals surface area contributed by atoms with Crippen molar-refractivity contribution in [3.8, 4) is 5.75 Å². The van der Waals surface area contributed by atoms with E-state index >= 15 is 0 Å². The van der Waals surface area contributed by atoms with Crippen LogP contribution in [0, 0.1) is 0 Å². The summed E-state index contributed by atoms with van der Waals surface area (Å²) in [7, 11) is 1.39. The van der Waals surface area contributed by atoms with Crippen LogP contribution in [0.25, 0.3) is 0 Å². The molecular weight excluding hydrogens is 226 g/mol. The average Bonchev–Trinajstić information content (AvgIpc) is 2.69. The number of esters is 1. The highest BCUT2D eigenvalue weighted by molar-refractivity contribution is 8.00. The Kier molecular flexibility index (Phi) is 5.25. The second-order valence-corrected chi connectivity index (χ2v) is 4.03. The number of nitrogens with zero attached hydrogens (tertiary/aromatic N) is 1. The molecule has 16 heavy (non-hydrogen) atoms. The predicted octanol–water partition coefficient (Wildman–Crippen LogP) is 2.17. The van der Waals surface area contributed by atoms with Crippen molar-refractivity contribution in [2.75, 3.05) is 19.5 Å². The summed E-state index contributed by atoms with van der Waals surface area (Å²) in [5, 5.41) is 0.981. The lowest BCUT2D eigenvalue weighted by Crippen LogP contribution is -2.05. The highest BCUT2D eigenvalue weighted by Crippen LogP contribution is 2.30. The number of carbonyl (C=O) groups excluding carboxylic acids is 1. The summed E-state index contributed by atoms with van der Waals surface area (Å²) < 4.78 is 12.2. The summed E-state index contributed by atoms with van der Waals surface area (Å²) >= 11 is 1.44. The van der Waals surface area contributed by atoms with Crippen LogP contribution in [0.4, 0.5) is 0 Å². The van der Waals surface area contributed by atoms with E-state index in [-0.39, 0.29) is 5.97 Å². The van der Waals surface area contributed by atoms with Gasteiger partial charge in [0.15, 0.2) is 5.75 Å². The maximum atomic E-state index is 11.1. The van der Waals surface area contributed by atoms with Crippen molar-refractivity contribution >= 4 is 17.7 Å². The molecule has 0 N–H and O–H groups in total. The van der Waals surface area contributed by atoms with Crippen LogP contribution in [0.3, 0.4) is 0 Å². The summed E-state index contributed by atoms with van der Waals surface area (Å²) in [6.07, 6.45) is 1.96. The van der Waals surface area contributed by atoms with E-state index in [2.05, 4.69) is 16.2 Å². The molecule has 1 aromatic heterocycles. The van der Waals surface area contributed by atoms with Crippen molar-refractivity contribution in [1.29, 1.82) is 0 Å². The summed E-state index contributed by atoms with van der Waals surface area (Å²) in [6, 6.07) is 1.92. The van der Waals surface area contributed by atoms with Crippen molar-refractivity contribution < 1.29 is 14.3 Å². The highest BCUT2D eigenvalue weighted by Gasteiger charge is 2.12. The van der Waals surface area contributed by atoms with Gasteiger partial charge in [-0.2, -0.15) is 0 Å². The lowest BCUT2D eigenvalue weighted by atomic mass is 10.6. The number of hydrogen-bond acceptors (Lipinski definition) is 4. The van der Waals surface area contributed by atoms with Gasteiger partial charge in [0.25, 0.3) is 0 Å². The van der Waals surface area contributed by atoms with Crippen LogP contribution in [0.5, 0.6) is 5.75 Å². The highest BCUT2D eigenvalue weighted by atomic mass is 32.2. The molecule has 0 saturated heterocycles. The summed E-state index contributed by atoms with van der Waals surface area (Å²) in [5.41, 5.74) is 0. The molecule has 1 aromatic rings. The number of aromatic nitrogens is 1. The molecule has 0 aliphatic heterocycles. The van der Waals surface area contributed by atoms with E-state index in [1.807, 2.05) is 19.2 Å². The molecular formula is C11H17NO3S. The number of rotatable bonds is 6. The Morgan fingerprint density at radius 2 is 2.25 bits per heavy atom. The van der Waals surface area contributed by atoms with E-state index in [0.29, 0.717) is 12.4 Å². The van der Waals surface area contributed by atoms with Crippen LogP contribution in [-0.4, -0.2) is 30.0 Å². The lowest BCUT2D eigenvalue weighted by Gasteiger charge is -2.08. The molecule has 0 saturated carbocycles. The number of hydrogen-bond donors (Lipinski definition) is 0. The van der Waals surface area contributed by atoms with Crippen molar-refractivity contribution in [2.45, 2.75) is 25.4 Å². The maximum absolute atomic E-state index is 11.1. The Hall–Kier alpha value is -1.10. The number of methoxy groups -OCH3 is 1. The minimum atomic E-state index is -0.226. The van der Waals surface area contributed by atoms with Gasteiger partial charge in [-0.25, -0.2) is 0 Å². The Morgan fingerprint density at radius 3 is 2.81 bits per heavy atom. The standard InChI is InChI=1S/C11H17NO3S/c1-4-12-7-6-9(15-5-2)11(12)16-8-10(13)14-3/h6-7H,4-5,8H2,1-3H3.